The molecule has 0 aliphatic rings. The van der Waals surface area contributed by atoms with Crippen molar-refractivity contribution in [2.75, 3.05) is 37.5 Å². The Morgan fingerprint density at radius 3 is 2.55 bits per heavy atom. The van der Waals surface area contributed by atoms with Crippen molar-refractivity contribution in [3.05, 3.63) is 65.3 Å². The molecule has 0 aliphatic heterocycles. The van der Waals surface area contributed by atoms with Crippen molar-refractivity contribution in [2.24, 2.45) is 0 Å². The summed E-state index contributed by atoms with van der Waals surface area (Å²) in [5.41, 5.74) is 1.35. The second kappa shape index (κ2) is 9.07. The predicted octanol–water partition coefficient (Wildman–Crippen LogP) is 4.86. The van der Waals surface area contributed by atoms with Crippen LogP contribution >= 0.6 is 11.6 Å². The molecular formula is C21H20ClF2N3O2. The molecule has 2 aromatic carbocycles. The van der Waals surface area contributed by atoms with Crippen molar-refractivity contribution in [2.45, 2.75) is 0 Å². The predicted molar refractivity (Wildman–Crippen MR) is 111 cm³/mol. The highest BCUT2D eigenvalue weighted by atomic mass is 35.5. The minimum absolute atomic E-state index is 0.0301. The van der Waals surface area contributed by atoms with Crippen molar-refractivity contribution < 1.29 is 18.6 Å². The van der Waals surface area contributed by atoms with Crippen LogP contribution in [0, 0.1) is 11.6 Å². The Kier molecular flexibility index (Phi) is 6.51. The third-order valence-electron chi connectivity index (χ3n) is 4.44. The lowest BCUT2D eigenvalue weighted by Crippen LogP contribution is -2.22. The molecule has 0 atom stereocenters. The smallest absolute Gasteiger partial charge is 0.189 e. The zero-order valence-corrected chi connectivity index (χ0v) is 16.7. The average Bonchev–Trinajstić information content (AvgIpc) is 2.71. The Morgan fingerprint density at radius 1 is 1.10 bits per heavy atom. The van der Waals surface area contributed by atoms with Gasteiger partial charge in [-0.15, -0.1) is 0 Å². The van der Waals surface area contributed by atoms with Crippen LogP contribution < -0.4 is 15.0 Å². The van der Waals surface area contributed by atoms with Crippen molar-refractivity contribution in [1.29, 1.82) is 0 Å². The maximum absolute atomic E-state index is 14.9. The lowest BCUT2D eigenvalue weighted by atomic mass is 10.0. The number of anilines is 3. The summed E-state index contributed by atoms with van der Waals surface area (Å²) in [6, 6.07) is 11.3. The van der Waals surface area contributed by atoms with E-state index < -0.39 is 11.6 Å². The quantitative estimate of drug-likeness (QED) is 0.572. The maximum atomic E-state index is 14.9. The minimum Gasteiger partial charge on any atom is -0.494 e. The zero-order valence-electron chi connectivity index (χ0n) is 15.9. The molecular weight excluding hydrogens is 400 g/mol. The summed E-state index contributed by atoms with van der Waals surface area (Å²) in [5, 5.41) is 12.2. The normalized spacial score (nSPS) is 10.7. The molecule has 1 heterocycles. The van der Waals surface area contributed by atoms with Gasteiger partial charge in [-0.3, -0.25) is 0 Å². The maximum Gasteiger partial charge on any atom is 0.189 e. The summed E-state index contributed by atoms with van der Waals surface area (Å²) < 4.78 is 34.6. The number of pyridine rings is 1. The minimum atomic E-state index is -0.586. The number of rotatable bonds is 7. The highest BCUT2D eigenvalue weighted by Crippen LogP contribution is 2.38. The van der Waals surface area contributed by atoms with E-state index >= 15 is 0 Å². The number of nitrogens with zero attached hydrogens (tertiary/aromatic N) is 2. The van der Waals surface area contributed by atoms with E-state index in [0.717, 1.165) is 0 Å². The fourth-order valence-corrected chi connectivity index (χ4v) is 3.20. The van der Waals surface area contributed by atoms with Gasteiger partial charge < -0.3 is 20.1 Å². The summed E-state index contributed by atoms with van der Waals surface area (Å²) in [7, 11) is 3.05. The van der Waals surface area contributed by atoms with E-state index in [0.29, 0.717) is 11.3 Å². The van der Waals surface area contributed by atoms with Gasteiger partial charge in [0.2, 0.25) is 0 Å². The van der Waals surface area contributed by atoms with E-state index in [1.54, 1.807) is 42.3 Å². The van der Waals surface area contributed by atoms with Gasteiger partial charge in [0.1, 0.15) is 0 Å². The number of aliphatic hydroxyl groups is 1. The lowest BCUT2D eigenvalue weighted by molar-refractivity contribution is 0.304. The molecule has 29 heavy (non-hydrogen) atoms. The van der Waals surface area contributed by atoms with Gasteiger partial charge in [0, 0.05) is 30.9 Å². The van der Waals surface area contributed by atoms with Crippen LogP contribution in [0.5, 0.6) is 5.75 Å². The van der Waals surface area contributed by atoms with Crippen molar-refractivity contribution in [3.63, 3.8) is 0 Å². The molecule has 0 saturated heterocycles. The van der Waals surface area contributed by atoms with Gasteiger partial charge in [0.05, 0.1) is 30.1 Å². The lowest BCUT2D eigenvalue weighted by Gasteiger charge is -2.20. The molecule has 0 aliphatic carbocycles. The highest BCUT2D eigenvalue weighted by Gasteiger charge is 2.17. The molecule has 0 spiro atoms. The molecule has 0 bridgehead atoms. The van der Waals surface area contributed by atoms with E-state index in [-0.39, 0.29) is 41.0 Å². The molecule has 0 radical (unpaired) electrons. The fourth-order valence-electron chi connectivity index (χ4n) is 2.93. The molecule has 5 nitrogen and oxygen atoms in total. The van der Waals surface area contributed by atoms with Crippen LogP contribution in [0.15, 0.2) is 48.7 Å². The third-order valence-corrected chi connectivity index (χ3v) is 4.85. The van der Waals surface area contributed by atoms with E-state index in [9.17, 15) is 8.78 Å². The van der Waals surface area contributed by atoms with Gasteiger partial charge in [0.15, 0.2) is 23.2 Å². The van der Waals surface area contributed by atoms with Crippen LogP contribution in [-0.2, 0) is 0 Å². The molecule has 3 aromatic rings. The SMILES string of the molecule is COc1cccc(-c2cccc(Nc3nccc(N(C)CCO)c3F)c2Cl)c1F. The second-order valence-electron chi connectivity index (χ2n) is 6.25. The first-order chi connectivity index (χ1) is 14.0. The van der Waals surface area contributed by atoms with Crippen LogP contribution in [0.4, 0.5) is 26.0 Å². The molecule has 0 saturated carbocycles. The zero-order chi connectivity index (χ0) is 21.0. The molecule has 3 rings (SSSR count). The summed E-state index contributed by atoms with van der Waals surface area (Å²) in [6.45, 7) is 0.159. The number of ether oxygens (including phenoxy) is 1. The van der Waals surface area contributed by atoms with E-state index in [1.807, 2.05) is 0 Å². The van der Waals surface area contributed by atoms with Crippen LogP contribution in [0.1, 0.15) is 0 Å². The largest absolute Gasteiger partial charge is 0.494 e. The number of hydrogen-bond donors (Lipinski definition) is 2. The number of nitrogens with one attached hydrogen (secondary N) is 1. The molecule has 0 amide bonds. The van der Waals surface area contributed by atoms with Gasteiger partial charge in [-0.05, 0) is 18.2 Å². The van der Waals surface area contributed by atoms with Crippen molar-refractivity contribution in [3.8, 4) is 16.9 Å². The van der Waals surface area contributed by atoms with E-state index in [2.05, 4.69) is 10.3 Å². The summed E-state index contributed by atoms with van der Waals surface area (Å²) >= 11 is 6.50. The van der Waals surface area contributed by atoms with Gasteiger partial charge in [-0.1, -0.05) is 35.9 Å². The summed E-state index contributed by atoms with van der Waals surface area (Å²) in [6.07, 6.45) is 1.45. The number of methoxy groups -OCH3 is 1. The van der Waals surface area contributed by atoms with Crippen LogP contribution in [0.3, 0.4) is 0 Å². The Balaban J connectivity index is 1.99. The molecule has 2 N–H and O–H groups in total. The van der Waals surface area contributed by atoms with E-state index in [1.165, 1.54) is 25.4 Å². The van der Waals surface area contributed by atoms with Gasteiger partial charge in [0.25, 0.3) is 0 Å². The van der Waals surface area contributed by atoms with Crippen molar-refractivity contribution in [1.82, 2.24) is 4.98 Å². The average molecular weight is 420 g/mol. The van der Waals surface area contributed by atoms with Gasteiger partial charge in [-0.2, -0.15) is 0 Å². The Labute approximate surface area is 172 Å². The first-order valence-electron chi connectivity index (χ1n) is 8.82. The number of aromatic nitrogens is 1. The highest BCUT2D eigenvalue weighted by molar-refractivity contribution is 6.36. The Hall–Kier alpha value is -2.90. The molecule has 8 heteroatoms. The number of halogens is 3. The monoisotopic (exact) mass is 419 g/mol. The number of aliphatic hydroxyl groups excluding tert-OH is 1. The summed E-state index contributed by atoms with van der Waals surface area (Å²) in [5.74, 6) is -1.05. The van der Waals surface area contributed by atoms with Crippen LogP contribution in [-0.4, -0.2) is 37.4 Å². The summed E-state index contributed by atoms with van der Waals surface area (Å²) in [4.78, 5) is 5.61. The van der Waals surface area contributed by atoms with Crippen LogP contribution in [0.25, 0.3) is 11.1 Å². The van der Waals surface area contributed by atoms with Crippen LogP contribution in [0.2, 0.25) is 5.02 Å². The fraction of sp³-hybridized carbons (Fsp3) is 0.190. The number of hydrogen-bond acceptors (Lipinski definition) is 5. The number of benzene rings is 2. The van der Waals surface area contributed by atoms with E-state index in [4.69, 9.17) is 21.4 Å². The molecule has 1 aromatic heterocycles. The van der Waals surface area contributed by atoms with Crippen molar-refractivity contribution >= 4 is 28.8 Å². The van der Waals surface area contributed by atoms with Gasteiger partial charge >= 0.3 is 0 Å². The third kappa shape index (κ3) is 4.26. The topological polar surface area (TPSA) is 57.6 Å². The Morgan fingerprint density at radius 2 is 1.83 bits per heavy atom. The number of likely N-dealkylation sites (N-methyl/N-ethyl adjacent to an activating group) is 1. The standard InChI is InChI=1S/C21H20ClF2N3O2/c1-27(11-12-28)16-9-10-25-21(20(16)24)26-15-7-3-5-13(18(15)22)14-6-4-8-17(29-2)19(14)23/h3-10,28H,11-12H2,1-2H3,(H,25,26). The molecule has 0 unspecified atom stereocenters. The van der Waals surface area contributed by atoms with Gasteiger partial charge in [-0.25, -0.2) is 13.8 Å². The Bertz CT molecular complexity index is 1020. The molecule has 152 valence electrons. The second-order valence-corrected chi connectivity index (χ2v) is 6.63. The first kappa shape index (κ1) is 20.8. The first-order valence-corrected chi connectivity index (χ1v) is 9.20. The molecule has 0 fully saturated rings.